The lowest BCUT2D eigenvalue weighted by atomic mass is 10.2. The molecule has 0 unspecified atom stereocenters. The van der Waals surface area contributed by atoms with E-state index in [2.05, 4.69) is 17.9 Å². The second kappa shape index (κ2) is 7.19. The van der Waals surface area contributed by atoms with Crippen LogP contribution in [0.15, 0.2) is 24.3 Å². The van der Waals surface area contributed by atoms with Crippen molar-refractivity contribution in [1.82, 2.24) is 0 Å². The molecule has 0 radical (unpaired) electrons. The van der Waals surface area contributed by atoms with Gasteiger partial charge in [-0.05, 0) is 32.9 Å². The molecule has 6 heteroatoms. The molecule has 110 valence electrons. The van der Waals surface area contributed by atoms with Crippen LogP contribution in [-0.2, 0) is 9.53 Å². The van der Waals surface area contributed by atoms with Crippen LogP contribution in [-0.4, -0.2) is 23.4 Å². The molecule has 0 bridgehead atoms. The lowest BCUT2D eigenvalue weighted by Gasteiger charge is -2.19. The van der Waals surface area contributed by atoms with Gasteiger partial charge in [-0.3, -0.25) is 10.1 Å². The number of benzene rings is 1. The van der Waals surface area contributed by atoms with Crippen molar-refractivity contribution < 1.29 is 19.1 Å². The van der Waals surface area contributed by atoms with E-state index in [1.54, 1.807) is 45.0 Å². The van der Waals surface area contributed by atoms with Crippen molar-refractivity contribution >= 4 is 30.4 Å². The number of carbonyl (C=O) groups is 2. The molecule has 1 rings (SSSR count). The van der Waals surface area contributed by atoms with Gasteiger partial charge in [0.25, 0.3) is 0 Å². The number of thiol groups is 1. The highest BCUT2D eigenvalue weighted by Gasteiger charge is 2.16. The zero-order valence-electron chi connectivity index (χ0n) is 11.8. The summed E-state index contributed by atoms with van der Waals surface area (Å²) in [5.74, 6) is 0.425. The molecule has 0 atom stereocenters. The van der Waals surface area contributed by atoms with Gasteiger partial charge in [-0.1, -0.05) is 6.07 Å². The van der Waals surface area contributed by atoms with E-state index in [-0.39, 0.29) is 12.4 Å². The van der Waals surface area contributed by atoms with Gasteiger partial charge in [-0.15, -0.1) is 0 Å². The van der Waals surface area contributed by atoms with Crippen LogP contribution in [0.25, 0.3) is 0 Å². The van der Waals surface area contributed by atoms with Gasteiger partial charge < -0.3 is 9.47 Å². The minimum atomic E-state index is -0.569. The Morgan fingerprint density at radius 2 is 2.00 bits per heavy atom. The molecule has 20 heavy (non-hydrogen) atoms. The minimum absolute atomic E-state index is 0.229. The van der Waals surface area contributed by atoms with E-state index >= 15 is 0 Å². The van der Waals surface area contributed by atoms with Gasteiger partial charge in [-0.25, -0.2) is 4.79 Å². The minimum Gasteiger partial charge on any atom is -0.444 e. The normalized spacial score (nSPS) is 10.8. The zero-order chi connectivity index (χ0) is 15.2. The zero-order valence-corrected chi connectivity index (χ0v) is 12.7. The maximum absolute atomic E-state index is 11.6. The predicted octanol–water partition coefficient (Wildman–Crippen LogP) is 3.26. The van der Waals surface area contributed by atoms with Crippen molar-refractivity contribution in [3.8, 4) is 5.75 Å². The second-order valence-corrected chi connectivity index (χ2v) is 5.55. The molecule has 5 nitrogen and oxygen atoms in total. The first kappa shape index (κ1) is 16.4. The van der Waals surface area contributed by atoms with Crippen molar-refractivity contribution in [3.05, 3.63) is 24.3 Å². The van der Waals surface area contributed by atoms with Gasteiger partial charge in [0.05, 0.1) is 6.42 Å². The Morgan fingerprint density at radius 3 is 2.60 bits per heavy atom. The summed E-state index contributed by atoms with van der Waals surface area (Å²) in [4.78, 5) is 23.0. The molecular formula is C14H19NO4S. The molecule has 0 fully saturated rings. The Kier molecular flexibility index (Phi) is 5.88. The van der Waals surface area contributed by atoms with E-state index in [1.807, 2.05) is 0 Å². The Bertz CT molecular complexity index is 482. The van der Waals surface area contributed by atoms with Crippen LogP contribution in [0.5, 0.6) is 5.75 Å². The molecule has 1 aromatic rings. The van der Waals surface area contributed by atoms with Crippen LogP contribution in [0.4, 0.5) is 10.5 Å². The van der Waals surface area contributed by atoms with Gasteiger partial charge in [0, 0.05) is 17.5 Å². The highest BCUT2D eigenvalue weighted by Crippen LogP contribution is 2.19. The van der Waals surface area contributed by atoms with E-state index in [1.165, 1.54) is 0 Å². The molecule has 0 aromatic heterocycles. The number of ether oxygens (including phenoxy) is 2. The SMILES string of the molecule is CC(C)(C)OC(=O)Nc1cccc(OC(=O)CCS)c1. The fourth-order valence-electron chi connectivity index (χ4n) is 1.33. The fourth-order valence-corrected chi connectivity index (χ4v) is 1.52. The number of anilines is 1. The summed E-state index contributed by atoms with van der Waals surface area (Å²) in [6.45, 7) is 5.34. The monoisotopic (exact) mass is 297 g/mol. The molecule has 1 amide bonds. The van der Waals surface area contributed by atoms with E-state index in [9.17, 15) is 9.59 Å². The third-order valence-electron chi connectivity index (χ3n) is 2.03. The number of rotatable bonds is 4. The van der Waals surface area contributed by atoms with Crippen LogP contribution in [0, 0.1) is 0 Å². The van der Waals surface area contributed by atoms with Crippen LogP contribution < -0.4 is 10.1 Å². The van der Waals surface area contributed by atoms with Gasteiger partial charge >= 0.3 is 12.1 Å². The summed E-state index contributed by atoms with van der Waals surface area (Å²) in [7, 11) is 0. The summed E-state index contributed by atoms with van der Waals surface area (Å²) in [5.41, 5.74) is -0.0730. The van der Waals surface area contributed by atoms with Crippen molar-refractivity contribution in [2.45, 2.75) is 32.8 Å². The lowest BCUT2D eigenvalue weighted by molar-refractivity contribution is -0.133. The Morgan fingerprint density at radius 1 is 1.30 bits per heavy atom. The third kappa shape index (κ3) is 6.47. The van der Waals surface area contributed by atoms with Crippen molar-refractivity contribution in [1.29, 1.82) is 0 Å². The van der Waals surface area contributed by atoms with Crippen LogP contribution >= 0.6 is 12.6 Å². The summed E-state index contributed by atoms with van der Waals surface area (Å²) >= 11 is 3.96. The number of carbonyl (C=O) groups excluding carboxylic acids is 2. The quantitative estimate of drug-likeness (QED) is 0.508. The van der Waals surface area contributed by atoms with Crippen LogP contribution in [0.3, 0.4) is 0 Å². The maximum atomic E-state index is 11.6. The fraction of sp³-hybridized carbons (Fsp3) is 0.429. The van der Waals surface area contributed by atoms with Gasteiger partial charge in [0.1, 0.15) is 11.4 Å². The molecule has 0 aliphatic rings. The first-order valence-corrected chi connectivity index (χ1v) is 6.85. The number of nitrogens with one attached hydrogen (secondary N) is 1. The van der Waals surface area contributed by atoms with Gasteiger partial charge in [-0.2, -0.15) is 12.6 Å². The number of amides is 1. The Labute approximate surface area is 124 Å². The summed E-state index contributed by atoms with van der Waals surface area (Å²) in [6, 6.07) is 6.55. The average Bonchev–Trinajstić information content (AvgIpc) is 2.26. The molecule has 0 aliphatic heterocycles. The van der Waals surface area contributed by atoms with Crippen molar-refractivity contribution in [2.75, 3.05) is 11.1 Å². The lowest BCUT2D eigenvalue weighted by Crippen LogP contribution is -2.27. The van der Waals surface area contributed by atoms with E-state index in [4.69, 9.17) is 9.47 Å². The molecule has 0 heterocycles. The molecular weight excluding hydrogens is 278 g/mol. The summed E-state index contributed by atoms with van der Waals surface area (Å²) in [5, 5.41) is 2.58. The molecule has 0 saturated heterocycles. The third-order valence-corrected chi connectivity index (χ3v) is 2.25. The molecule has 1 aromatic carbocycles. The number of hydrogen-bond acceptors (Lipinski definition) is 5. The molecule has 0 aliphatic carbocycles. The van der Waals surface area contributed by atoms with Crippen molar-refractivity contribution in [3.63, 3.8) is 0 Å². The summed E-state index contributed by atoms with van der Waals surface area (Å²) in [6.07, 6.45) is -0.330. The van der Waals surface area contributed by atoms with Crippen LogP contribution in [0.2, 0.25) is 0 Å². The topological polar surface area (TPSA) is 64.6 Å². The predicted molar refractivity (Wildman–Crippen MR) is 80.4 cm³/mol. The Balaban J connectivity index is 2.64. The van der Waals surface area contributed by atoms with E-state index in [0.29, 0.717) is 17.2 Å². The highest BCUT2D eigenvalue weighted by atomic mass is 32.1. The first-order chi connectivity index (χ1) is 9.30. The standard InChI is InChI=1S/C14H19NO4S/c1-14(2,3)19-13(17)15-10-5-4-6-11(9-10)18-12(16)7-8-20/h4-6,9,20H,7-8H2,1-3H3,(H,15,17). The molecule has 0 saturated carbocycles. The average molecular weight is 297 g/mol. The Hall–Kier alpha value is -1.69. The van der Waals surface area contributed by atoms with E-state index in [0.717, 1.165) is 0 Å². The largest absolute Gasteiger partial charge is 0.444 e. The number of hydrogen-bond donors (Lipinski definition) is 2. The van der Waals surface area contributed by atoms with Crippen molar-refractivity contribution in [2.24, 2.45) is 0 Å². The second-order valence-electron chi connectivity index (χ2n) is 5.10. The molecule has 1 N–H and O–H groups in total. The first-order valence-electron chi connectivity index (χ1n) is 6.22. The van der Waals surface area contributed by atoms with Gasteiger partial charge in [0.2, 0.25) is 0 Å². The molecule has 0 spiro atoms. The van der Waals surface area contributed by atoms with E-state index < -0.39 is 11.7 Å². The number of esters is 1. The van der Waals surface area contributed by atoms with Gasteiger partial charge in [0.15, 0.2) is 0 Å². The maximum Gasteiger partial charge on any atom is 0.412 e. The summed E-state index contributed by atoms with van der Waals surface area (Å²) < 4.78 is 10.2. The highest BCUT2D eigenvalue weighted by molar-refractivity contribution is 7.80. The van der Waals surface area contributed by atoms with Crippen LogP contribution in [0.1, 0.15) is 27.2 Å². The smallest absolute Gasteiger partial charge is 0.412 e.